The zero-order valence-corrected chi connectivity index (χ0v) is 20.0. The van der Waals surface area contributed by atoms with Crippen molar-refractivity contribution in [2.75, 3.05) is 26.4 Å². The number of aldehydes is 2. The molecular weight excluding hydrogens is 398 g/mol. The summed E-state index contributed by atoms with van der Waals surface area (Å²) in [7, 11) is 3.45. The van der Waals surface area contributed by atoms with Crippen LogP contribution in [0.3, 0.4) is 0 Å². The maximum Gasteiger partial charge on any atom is 0.219 e. The van der Waals surface area contributed by atoms with Gasteiger partial charge in [0.25, 0.3) is 0 Å². The van der Waals surface area contributed by atoms with Crippen LogP contribution < -0.4 is 5.32 Å². The van der Waals surface area contributed by atoms with Gasteiger partial charge in [-0.3, -0.25) is 19.4 Å². The summed E-state index contributed by atoms with van der Waals surface area (Å²) in [6.07, 6.45) is 2.50. The van der Waals surface area contributed by atoms with E-state index in [2.05, 4.69) is 37.9 Å². The number of hydrogen-bond donors (Lipinski definition) is 1. The summed E-state index contributed by atoms with van der Waals surface area (Å²) in [5.41, 5.74) is 1.58. The molecule has 0 aliphatic rings. The summed E-state index contributed by atoms with van der Waals surface area (Å²) in [6, 6.07) is 6.33. The Morgan fingerprint density at radius 3 is 2.37 bits per heavy atom. The Morgan fingerprint density at radius 2 is 1.83 bits per heavy atom. The minimum atomic E-state index is -0.378. The molecule has 0 bridgehead atoms. The van der Waals surface area contributed by atoms with E-state index < -0.39 is 0 Å². The SMILES string of the molecule is CNC(=O)CCC(C=O)N(C)Cc1c(C=O)cccc1SCCN(C(C)C)C(C)C. The average molecular weight is 436 g/mol. The highest BCUT2D eigenvalue weighted by Crippen LogP contribution is 2.27. The van der Waals surface area contributed by atoms with E-state index in [1.165, 1.54) is 0 Å². The van der Waals surface area contributed by atoms with Gasteiger partial charge in [-0.15, -0.1) is 11.8 Å². The van der Waals surface area contributed by atoms with Crippen LogP contribution in [0.5, 0.6) is 0 Å². The summed E-state index contributed by atoms with van der Waals surface area (Å²) in [6.45, 7) is 10.3. The number of nitrogens with zero attached hydrogens (tertiary/aromatic N) is 2. The van der Waals surface area contributed by atoms with Gasteiger partial charge in [-0.25, -0.2) is 0 Å². The molecule has 30 heavy (non-hydrogen) atoms. The van der Waals surface area contributed by atoms with Crippen molar-refractivity contribution in [1.82, 2.24) is 15.1 Å². The molecular formula is C23H37N3O3S. The first-order valence-electron chi connectivity index (χ1n) is 10.6. The van der Waals surface area contributed by atoms with Gasteiger partial charge in [-0.1, -0.05) is 12.1 Å². The summed E-state index contributed by atoms with van der Waals surface area (Å²) in [5.74, 6) is 0.836. The molecule has 7 heteroatoms. The van der Waals surface area contributed by atoms with E-state index in [-0.39, 0.29) is 11.9 Å². The molecule has 1 aromatic rings. The van der Waals surface area contributed by atoms with E-state index in [9.17, 15) is 14.4 Å². The van der Waals surface area contributed by atoms with Crippen LogP contribution in [0.15, 0.2) is 23.1 Å². The summed E-state index contributed by atoms with van der Waals surface area (Å²) >= 11 is 1.74. The van der Waals surface area contributed by atoms with Gasteiger partial charge < -0.3 is 10.1 Å². The number of likely N-dealkylation sites (N-methyl/N-ethyl adjacent to an activating group) is 1. The second kappa shape index (κ2) is 13.6. The monoisotopic (exact) mass is 435 g/mol. The first kappa shape index (κ1) is 26.3. The normalized spacial score (nSPS) is 12.6. The Hall–Kier alpha value is -1.70. The number of hydrogen-bond acceptors (Lipinski definition) is 6. The van der Waals surface area contributed by atoms with E-state index >= 15 is 0 Å². The highest BCUT2D eigenvalue weighted by atomic mass is 32.2. The fourth-order valence-electron chi connectivity index (χ4n) is 3.53. The molecule has 0 heterocycles. The Kier molecular flexibility index (Phi) is 11.9. The molecule has 0 aliphatic carbocycles. The van der Waals surface area contributed by atoms with E-state index in [1.54, 1.807) is 18.8 Å². The molecule has 0 aliphatic heterocycles. The topological polar surface area (TPSA) is 69.7 Å². The van der Waals surface area contributed by atoms with Gasteiger partial charge in [0.15, 0.2) is 0 Å². The van der Waals surface area contributed by atoms with Gasteiger partial charge in [0, 0.05) is 54.9 Å². The molecule has 0 spiro atoms. The first-order valence-corrected chi connectivity index (χ1v) is 11.5. The van der Waals surface area contributed by atoms with Crippen molar-refractivity contribution in [3.8, 4) is 0 Å². The number of benzene rings is 1. The maximum atomic E-state index is 11.7. The highest BCUT2D eigenvalue weighted by Gasteiger charge is 2.19. The van der Waals surface area contributed by atoms with Crippen LogP contribution in [-0.4, -0.2) is 72.8 Å². The van der Waals surface area contributed by atoms with Gasteiger partial charge in [0.1, 0.15) is 12.6 Å². The Bertz CT molecular complexity index is 686. The largest absolute Gasteiger partial charge is 0.359 e. The molecule has 0 radical (unpaired) electrons. The van der Waals surface area contributed by atoms with E-state index in [4.69, 9.17) is 0 Å². The van der Waals surface area contributed by atoms with Crippen LogP contribution in [0, 0.1) is 0 Å². The lowest BCUT2D eigenvalue weighted by atomic mass is 10.1. The third-order valence-corrected chi connectivity index (χ3v) is 6.39. The van der Waals surface area contributed by atoms with Gasteiger partial charge in [-0.05, 0) is 52.8 Å². The van der Waals surface area contributed by atoms with Gasteiger partial charge in [0.2, 0.25) is 5.91 Å². The predicted octanol–water partition coefficient (Wildman–Crippen LogP) is 3.24. The smallest absolute Gasteiger partial charge is 0.219 e. The molecule has 1 N–H and O–H groups in total. The van der Waals surface area contributed by atoms with Crippen molar-refractivity contribution in [3.63, 3.8) is 0 Å². The van der Waals surface area contributed by atoms with Crippen LogP contribution in [0.1, 0.15) is 56.5 Å². The van der Waals surface area contributed by atoms with Gasteiger partial charge >= 0.3 is 0 Å². The fraction of sp³-hybridized carbons (Fsp3) is 0.609. The molecule has 0 saturated carbocycles. The predicted molar refractivity (Wildman–Crippen MR) is 124 cm³/mol. The van der Waals surface area contributed by atoms with Crippen LogP contribution in [0.25, 0.3) is 0 Å². The van der Waals surface area contributed by atoms with Crippen molar-refractivity contribution < 1.29 is 14.4 Å². The number of carbonyl (C=O) groups excluding carboxylic acids is 3. The summed E-state index contributed by atoms with van der Waals surface area (Å²) < 4.78 is 0. The summed E-state index contributed by atoms with van der Waals surface area (Å²) in [5, 5.41) is 2.58. The van der Waals surface area contributed by atoms with Gasteiger partial charge in [0.05, 0.1) is 6.04 Å². The Balaban J connectivity index is 2.91. The van der Waals surface area contributed by atoms with Crippen molar-refractivity contribution in [3.05, 3.63) is 29.3 Å². The second-order valence-corrected chi connectivity index (χ2v) is 9.18. The third kappa shape index (κ3) is 8.20. The number of rotatable bonds is 14. The lowest BCUT2D eigenvalue weighted by Gasteiger charge is -2.30. The minimum Gasteiger partial charge on any atom is -0.359 e. The quantitative estimate of drug-likeness (QED) is 0.357. The highest BCUT2D eigenvalue weighted by molar-refractivity contribution is 7.99. The molecule has 0 aromatic heterocycles. The lowest BCUT2D eigenvalue weighted by molar-refractivity contribution is -0.121. The second-order valence-electron chi connectivity index (χ2n) is 8.05. The Morgan fingerprint density at radius 1 is 1.17 bits per heavy atom. The number of thioether (sulfide) groups is 1. The standard InChI is InChI=1S/C23H37N3O3S/c1-17(2)26(18(3)4)12-13-30-22-9-7-8-19(15-27)21(22)14-25(6)20(16-28)10-11-23(29)24-5/h7-9,15-18,20H,10-14H2,1-6H3,(H,24,29). The first-order chi connectivity index (χ1) is 14.2. The molecule has 1 aromatic carbocycles. The van der Waals surface area contributed by atoms with Crippen LogP contribution in [0.2, 0.25) is 0 Å². The number of nitrogens with one attached hydrogen (secondary N) is 1. The van der Waals surface area contributed by atoms with Crippen molar-refractivity contribution >= 4 is 30.2 Å². The zero-order chi connectivity index (χ0) is 22.7. The fourth-order valence-corrected chi connectivity index (χ4v) is 4.59. The number of carbonyl (C=O) groups is 3. The van der Waals surface area contributed by atoms with Crippen molar-refractivity contribution in [2.45, 2.75) is 70.1 Å². The molecule has 0 saturated heterocycles. The summed E-state index contributed by atoms with van der Waals surface area (Å²) in [4.78, 5) is 40.2. The van der Waals surface area contributed by atoms with Crippen LogP contribution in [0.4, 0.5) is 0 Å². The Labute approximate surface area is 185 Å². The molecule has 1 atom stereocenters. The minimum absolute atomic E-state index is 0.0837. The van der Waals surface area contributed by atoms with Crippen LogP contribution in [-0.2, 0) is 16.1 Å². The molecule has 1 amide bonds. The molecule has 0 fully saturated rings. The van der Waals surface area contributed by atoms with Crippen molar-refractivity contribution in [1.29, 1.82) is 0 Å². The van der Waals surface area contributed by atoms with Crippen molar-refractivity contribution in [2.24, 2.45) is 0 Å². The third-order valence-electron chi connectivity index (χ3n) is 5.31. The van der Waals surface area contributed by atoms with E-state index in [0.29, 0.717) is 37.0 Å². The lowest BCUT2D eigenvalue weighted by Crippen LogP contribution is -2.38. The van der Waals surface area contributed by atoms with E-state index in [1.807, 2.05) is 30.1 Å². The average Bonchev–Trinajstić information content (AvgIpc) is 2.71. The molecule has 1 unspecified atom stereocenters. The zero-order valence-electron chi connectivity index (χ0n) is 19.2. The molecule has 168 valence electrons. The molecule has 6 nitrogen and oxygen atoms in total. The van der Waals surface area contributed by atoms with Gasteiger partial charge in [-0.2, -0.15) is 0 Å². The maximum absolute atomic E-state index is 11.7. The van der Waals surface area contributed by atoms with Crippen LogP contribution >= 0.6 is 11.8 Å². The molecule has 1 rings (SSSR count). The van der Waals surface area contributed by atoms with E-state index in [0.717, 1.165) is 35.3 Å². The number of amides is 1.